The molecule has 4 rings (SSSR count). The van der Waals surface area contributed by atoms with Gasteiger partial charge in [0.1, 0.15) is 11.7 Å². The number of benzene rings is 2. The first kappa shape index (κ1) is 19.0. The van der Waals surface area contributed by atoms with Crippen molar-refractivity contribution in [3.63, 3.8) is 0 Å². The maximum atomic E-state index is 12.2. The molecule has 0 spiro atoms. The molecule has 146 valence electrons. The molecule has 6 nitrogen and oxygen atoms in total. The number of hydrogen-bond donors (Lipinski definition) is 1. The number of rotatable bonds is 5. The molecule has 1 amide bonds. The topological polar surface area (TPSA) is 92.3 Å². The third-order valence-corrected chi connectivity index (χ3v) is 5.25. The third kappa shape index (κ3) is 4.10. The average molecular weight is 409 g/mol. The Morgan fingerprint density at radius 2 is 2.00 bits per heavy atom. The summed E-state index contributed by atoms with van der Waals surface area (Å²) in [6, 6.07) is 10.6. The lowest BCUT2D eigenvalue weighted by molar-refractivity contribution is -0.146. The Kier molecular flexibility index (Phi) is 5.24. The van der Waals surface area contributed by atoms with Crippen molar-refractivity contribution >= 4 is 40.1 Å². The molecule has 1 aliphatic carbocycles. The molecular formula is C22H17ClN2O4. The fraction of sp³-hybridized carbons (Fsp3) is 0.227. The van der Waals surface area contributed by atoms with E-state index < -0.39 is 18.5 Å². The van der Waals surface area contributed by atoms with Crippen LogP contribution in [0.2, 0.25) is 5.02 Å². The van der Waals surface area contributed by atoms with Gasteiger partial charge >= 0.3 is 5.97 Å². The maximum absolute atomic E-state index is 12.2. The van der Waals surface area contributed by atoms with Gasteiger partial charge in [-0.25, -0.2) is 0 Å². The fourth-order valence-electron chi connectivity index (χ4n) is 3.52. The Morgan fingerprint density at radius 3 is 2.76 bits per heavy atom. The number of esters is 1. The second kappa shape index (κ2) is 7.98. The predicted molar refractivity (Wildman–Crippen MR) is 108 cm³/mol. The quantitative estimate of drug-likeness (QED) is 0.639. The van der Waals surface area contributed by atoms with Crippen molar-refractivity contribution in [2.75, 3.05) is 11.9 Å². The number of nitrogens with one attached hydrogen (secondary N) is 1. The number of aryl methyl sites for hydroxylation is 2. The fourth-order valence-corrected chi connectivity index (χ4v) is 3.74. The van der Waals surface area contributed by atoms with Crippen LogP contribution in [0.3, 0.4) is 0 Å². The zero-order valence-corrected chi connectivity index (χ0v) is 16.2. The number of carbonyl (C=O) groups is 2. The molecule has 0 atom stereocenters. The number of halogens is 1. The summed E-state index contributed by atoms with van der Waals surface area (Å²) in [4.78, 5) is 24.2. The van der Waals surface area contributed by atoms with Crippen molar-refractivity contribution in [2.45, 2.75) is 25.7 Å². The lowest BCUT2D eigenvalue weighted by atomic mass is 10.0. The standard InChI is InChI=1S/C22H17ClN2O4/c23-19-9-17(5-4-15(19)10-24)25-21(26)12-29-22(27)8-16-11-28-20-7-14-3-1-2-13(14)6-18(16)20/h4-7,9,11H,1-3,8,12H2,(H,25,26). The Morgan fingerprint density at radius 1 is 1.21 bits per heavy atom. The molecule has 29 heavy (non-hydrogen) atoms. The van der Waals surface area contributed by atoms with Gasteiger partial charge in [0.05, 0.1) is 23.3 Å². The molecule has 0 fully saturated rings. The van der Waals surface area contributed by atoms with Gasteiger partial charge in [-0.2, -0.15) is 5.26 Å². The molecular weight excluding hydrogens is 392 g/mol. The van der Waals surface area contributed by atoms with Gasteiger partial charge in [0, 0.05) is 16.6 Å². The van der Waals surface area contributed by atoms with Crippen molar-refractivity contribution in [1.82, 2.24) is 0 Å². The van der Waals surface area contributed by atoms with Crippen LogP contribution in [0.4, 0.5) is 5.69 Å². The number of nitrogens with zero attached hydrogens (tertiary/aromatic N) is 1. The van der Waals surface area contributed by atoms with Crippen molar-refractivity contribution in [3.8, 4) is 6.07 Å². The van der Waals surface area contributed by atoms with Gasteiger partial charge in [-0.15, -0.1) is 0 Å². The van der Waals surface area contributed by atoms with E-state index in [0.29, 0.717) is 11.3 Å². The summed E-state index contributed by atoms with van der Waals surface area (Å²) in [5.74, 6) is -1.00. The van der Waals surface area contributed by atoms with E-state index in [2.05, 4.69) is 11.4 Å². The number of fused-ring (bicyclic) bond motifs is 2. The summed E-state index contributed by atoms with van der Waals surface area (Å²) in [5, 5.41) is 12.6. The molecule has 1 N–H and O–H groups in total. The maximum Gasteiger partial charge on any atom is 0.310 e. The zero-order valence-electron chi connectivity index (χ0n) is 15.5. The predicted octanol–water partition coefficient (Wildman–Crippen LogP) is 4.17. The van der Waals surface area contributed by atoms with Gasteiger partial charge in [-0.3, -0.25) is 9.59 Å². The number of furan rings is 1. The summed E-state index contributed by atoms with van der Waals surface area (Å²) in [5.41, 5.74) is 4.86. The number of hydrogen-bond acceptors (Lipinski definition) is 5. The molecule has 0 aliphatic heterocycles. The smallest absolute Gasteiger partial charge is 0.310 e. The van der Waals surface area contributed by atoms with Crippen LogP contribution in [0.1, 0.15) is 28.7 Å². The molecule has 0 bridgehead atoms. The molecule has 1 heterocycles. The normalized spacial score (nSPS) is 12.4. The third-order valence-electron chi connectivity index (χ3n) is 4.94. The Balaban J connectivity index is 1.34. The lowest BCUT2D eigenvalue weighted by Crippen LogP contribution is -2.21. The minimum Gasteiger partial charge on any atom is -0.464 e. The monoisotopic (exact) mass is 408 g/mol. The number of anilines is 1. The number of amides is 1. The highest BCUT2D eigenvalue weighted by atomic mass is 35.5. The molecule has 1 aromatic heterocycles. The molecule has 1 aliphatic rings. The minimum atomic E-state index is -0.513. The van der Waals surface area contributed by atoms with Gasteiger partial charge in [-0.05, 0) is 60.7 Å². The van der Waals surface area contributed by atoms with E-state index in [0.717, 1.165) is 35.8 Å². The van der Waals surface area contributed by atoms with Gasteiger partial charge in [-0.1, -0.05) is 11.6 Å². The van der Waals surface area contributed by atoms with Crippen LogP contribution >= 0.6 is 11.6 Å². The van der Waals surface area contributed by atoms with Gasteiger partial charge in [0.25, 0.3) is 5.91 Å². The number of carbonyl (C=O) groups excluding carboxylic acids is 2. The van der Waals surface area contributed by atoms with Crippen molar-refractivity contribution < 1.29 is 18.7 Å². The van der Waals surface area contributed by atoms with Crippen molar-refractivity contribution in [1.29, 1.82) is 5.26 Å². The Labute approximate surface area is 172 Å². The Hall–Kier alpha value is -3.30. The van der Waals surface area contributed by atoms with Crippen LogP contribution in [-0.4, -0.2) is 18.5 Å². The minimum absolute atomic E-state index is 0.0295. The van der Waals surface area contributed by atoms with Crippen LogP contribution in [-0.2, 0) is 33.6 Å². The van der Waals surface area contributed by atoms with Crippen LogP contribution in [0.15, 0.2) is 41.0 Å². The van der Waals surface area contributed by atoms with Crippen molar-refractivity contribution in [2.24, 2.45) is 0 Å². The van der Waals surface area contributed by atoms with Crippen LogP contribution in [0, 0.1) is 11.3 Å². The largest absolute Gasteiger partial charge is 0.464 e. The van der Waals surface area contributed by atoms with Gasteiger partial charge in [0.2, 0.25) is 0 Å². The highest BCUT2D eigenvalue weighted by molar-refractivity contribution is 6.32. The molecule has 0 saturated carbocycles. The molecule has 0 unspecified atom stereocenters. The van der Waals surface area contributed by atoms with Gasteiger partial charge < -0.3 is 14.5 Å². The first-order chi connectivity index (χ1) is 14.0. The van der Waals surface area contributed by atoms with E-state index in [1.54, 1.807) is 12.3 Å². The lowest BCUT2D eigenvalue weighted by Gasteiger charge is -2.07. The van der Waals surface area contributed by atoms with E-state index in [9.17, 15) is 9.59 Å². The number of ether oxygens (including phenoxy) is 1. The highest BCUT2D eigenvalue weighted by Crippen LogP contribution is 2.30. The van der Waals surface area contributed by atoms with E-state index in [1.165, 1.54) is 23.3 Å². The van der Waals surface area contributed by atoms with E-state index in [4.69, 9.17) is 26.0 Å². The molecule has 0 radical (unpaired) electrons. The van der Waals surface area contributed by atoms with Crippen LogP contribution in [0.5, 0.6) is 0 Å². The van der Waals surface area contributed by atoms with Crippen LogP contribution < -0.4 is 5.32 Å². The Bertz CT molecular complexity index is 1160. The first-order valence-electron chi connectivity index (χ1n) is 9.20. The summed E-state index contributed by atoms with van der Waals surface area (Å²) in [6.45, 7) is -0.415. The van der Waals surface area contributed by atoms with Crippen molar-refractivity contribution in [3.05, 3.63) is 63.9 Å². The molecule has 0 saturated heterocycles. The highest BCUT2D eigenvalue weighted by Gasteiger charge is 2.17. The molecule has 2 aromatic carbocycles. The second-order valence-corrected chi connectivity index (χ2v) is 7.33. The summed E-state index contributed by atoms with van der Waals surface area (Å²) < 4.78 is 10.7. The van der Waals surface area contributed by atoms with E-state index in [1.807, 2.05) is 12.1 Å². The average Bonchev–Trinajstić information content (AvgIpc) is 3.31. The summed E-state index contributed by atoms with van der Waals surface area (Å²) >= 11 is 5.93. The first-order valence-corrected chi connectivity index (χ1v) is 9.58. The summed E-state index contributed by atoms with van der Waals surface area (Å²) in [6.07, 6.45) is 4.84. The van der Waals surface area contributed by atoms with Gasteiger partial charge in [0.15, 0.2) is 6.61 Å². The second-order valence-electron chi connectivity index (χ2n) is 6.92. The molecule has 3 aromatic rings. The summed E-state index contributed by atoms with van der Waals surface area (Å²) in [7, 11) is 0. The van der Waals surface area contributed by atoms with Crippen LogP contribution in [0.25, 0.3) is 11.0 Å². The number of nitriles is 1. The zero-order chi connectivity index (χ0) is 20.4. The van der Waals surface area contributed by atoms with E-state index >= 15 is 0 Å². The molecule has 7 heteroatoms. The van der Waals surface area contributed by atoms with E-state index in [-0.39, 0.29) is 11.4 Å². The SMILES string of the molecule is N#Cc1ccc(NC(=O)COC(=O)Cc2coc3cc4c(cc23)CCC4)cc1Cl.